The first-order chi connectivity index (χ1) is 21.6. The third kappa shape index (κ3) is 7.03. The van der Waals surface area contributed by atoms with Gasteiger partial charge < -0.3 is 18.9 Å². The van der Waals surface area contributed by atoms with Gasteiger partial charge in [0.25, 0.3) is 5.56 Å². The molecule has 5 rings (SSSR count). The lowest BCUT2D eigenvalue weighted by Gasteiger charge is -2.26. The first-order valence-electron chi connectivity index (χ1n) is 14.3. The van der Waals surface area contributed by atoms with Gasteiger partial charge in [0.05, 0.1) is 35.6 Å². The number of ether oxygens (including phenoxy) is 4. The van der Waals surface area contributed by atoms with Crippen molar-refractivity contribution in [1.82, 2.24) is 4.57 Å². The summed E-state index contributed by atoms with van der Waals surface area (Å²) < 4.78 is 25.9. The quantitative estimate of drug-likeness (QED) is 0.173. The van der Waals surface area contributed by atoms with Gasteiger partial charge in [-0.05, 0) is 75.2 Å². The number of halogens is 2. The molecule has 45 heavy (non-hydrogen) atoms. The van der Waals surface area contributed by atoms with Crippen molar-refractivity contribution >= 4 is 50.9 Å². The van der Waals surface area contributed by atoms with Crippen LogP contribution in [-0.4, -0.2) is 30.4 Å². The molecule has 0 spiro atoms. The van der Waals surface area contributed by atoms with E-state index in [-0.39, 0.29) is 18.3 Å². The van der Waals surface area contributed by atoms with Gasteiger partial charge in [-0.25, -0.2) is 9.79 Å². The van der Waals surface area contributed by atoms with Crippen LogP contribution in [0.5, 0.6) is 17.2 Å². The summed E-state index contributed by atoms with van der Waals surface area (Å²) in [7, 11) is 1.56. The highest BCUT2D eigenvalue weighted by atomic mass is 79.9. The van der Waals surface area contributed by atoms with E-state index in [0.717, 1.165) is 5.56 Å². The summed E-state index contributed by atoms with van der Waals surface area (Å²) in [5.41, 5.74) is 2.80. The van der Waals surface area contributed by atoms with Gasteiger partial charge in [0.15, 0.2) is 16.3 Å². The molecular formula is C34H32BrClN2O6S. The Labute approximate surface area is 278 Å². The number of thiazole rings is 1. The third-order valence-corrected chi connectivity index (χ3v) is 8.89. The summed E-state index contributed by atoms with van der Waals surface area (Å²) in [4.78, 5) is 32.6. The topological polar surface area (TPSA) is 88.4 Å². The van der Waals surface area contributed by atoms with Crippen LogP contribution < -0.4 is 29.1 Å². The number of carbonyl (C=O) groups excluding carboxylic acids is 1. The number of carbonyl (C=O) groups is 1. The monoisotopic (exact) mass is 710 g/mol. The van der Waals surface area contributed by atoms with Crippen LogP contribution in [-0.2, 0) is 16.1 Å². The SMILES string of the molecule is CCOC(=O)C1=C(C)N=c2s/c(=C/c3cc(OC)c(OCc4ccc(Cl)cc4)cc3Br)c(=O)n2[C@@H]1c1ccccc1OC(C)C. The highest BCUT2D eigenvalue weighted by Gasteiger charge is 2.35. The summed E-state index contributed by atoms with van der Waals surface area (Å²) in [6.07, 6.45) is 1.65. The molecule has 8 nitrogen and oxygen atoms in total. The number of hydrogen-bond donors (Lipinski definition) is 0. The molecular weight excluding hydrogens is 680 g/mol. The summed E-state index contributed by atoms with van der Waals surface area (Å²) in [5.74, 6) is 1.09. The summed E-state index contributed by atoms with van der Waals surface area (Å²) in [6.45, 7) is 7.86. The second-order valence-corrected chi connectivity index (χ2v) is 12.7. The number of para-hydroxylation sites is 1. The smallest absolute Gasteiger partial charge is 0.338 e. The van der Waals surface area contributed by atoms with E-state index in [0.29, 0.717) is 65.1 Å². The van der Waals surface area contributed by atoms with Crippen molar-refractivity contribution in [3.8, 4) is 17.2 Å². The van der Waals surface area contributed by atoms with Crippen LogP contribution in [0.2, 0.25) is 5.02 Å². The zero-order valence-corrected chi connectivity index (χ0v) is 28.6. The fraction of sp³-hybridized carbons (Fsp3) is 0.265. The molecule has 0 fully saturated rings. The molecule has 0 saturated carbocycles. The summed E-state index contributed by atoms with van der Waals surface area (Å²) in [5, 5.41) is 0.653. The van der Waals surface area contributed by atoms with E-state index in [2.05, 4.69) is 20.9 Å². The van der Waals surface area contributed by atoms with Crippen molar-refractivity contribution in [3.05, 3.63) is 118 Å². The average Bonchev–Trinajstić information content (AvgIpc) is 3.31. The Hall–Kier alpha value is -3.86. The largest absolute Gasteiger partial charge is 0.493 e. The lowest BCUT2D eigenvalue weighted by molar-refractivity contribution is -0.139. The van der Waals surface area contributed by atoms with Crippen molar-refractivity contribution < 1.29 is 23.7 Å². The van der Waals surface area contributed by atoms with Crippen LogP contribution >= 0.6 is 38.9 Å². The molecule has 0 unspecified atom stereocenters. The standard InChI is InChI=1S/C34H32BrClN2O6S/c1-6-42-33(40)30-20(4)37-34-38(31(30)24-9-7-8-10-26(24)44-19(2)3)32(39)29(45-34)16-22-15-27(41-5)28(17-25(22)35)43-18-21-11-13-23(36)14-12-21/h7-17,19,31H,6,18H2,1-5H3/b29-16+/t31-/m1/s1. The zero-order valence-electron chi connectivity index (χ0n) is 25.4. The predicted octanol–water partition coefficient (Wildman–Crippen LogP) is 6.59. The Balaban J connectivity index is 1.60. The fourth-order valence-corrected chi connectivity index (χ4v) is 6.57. The van der Waals surface area contributed by atoms with Gasteiger partial charge in [-0.3, -0.25) is 9.36 Å². The first kappa shape index (κ1) is 32.5. The molecule has 0 amide bonds. The summed E-state index contributed by atoms with van der Waals surface area (Å²) in [6, 6.07) is 17.6. The van der Waals surface area contributed by atoms with Crippen LogP contribution in [0.1, 0.15) is 50.4 Å². The number of allylic oxidation sites excluding steroid dienone is 1. The second kappa shape index (κ2) is 14.1. The number of hydrogen-bond acceptors (Lipinski definition) is 8. The molecule has 0 N–H and O–H groups in total. The molecule has 1 atom stereocenters. The second-order valence-electron chi connectivity index (χ2n) is 10.4. The minimum absolute atomic E-state index is 0.122. The van der Waals surface area contributed by atoms with Crippen molar-refractivity contribution in [2.45, 2.75) is 46.4 Å². The lowest BCUT2D eigenvalue weighted by Crippen LogP contribution is -2.40. The number of aromatic nitrogens is 1. The summed E-state index contributed by atoms with van der Waals surface area (Å²) >= 11 is 10.9. The maximum absolute atomic E-state index is 14.2. The molecule has 0 saturated heterocycles. The van der Waals surface area contributed by atoms with Gasteiger partial charge >= 0.3 is 5.97 Å². The third-order valence-electron chi connectivity index (χ3n) is 6.97. The number of methoxy groups -OCH3 is 1. The number of fused-ring (bicyclic) bond motifs is 1. The number of rotatable bonds is 10. The van der Waals surface area contributed by atoms with Crippen molar-refractivity contribution in [1.29, 1.82) is 0 Å². The van der Waals surface area contributed by atoms with Gasteiger partial charge in [-0.1, -0.05) is 69.2 Å². The Morgan fingerprint density at radius 1 is 1.11 bits per heavy atom. The predicted molar refractivity (Wildman–Crippen MR) is 179 cm³/mol. The molecule has 4 aromatic rings. The molecule has 2 heterocycles. The molecule has 11 heteroatoms. The molecule has 1 aliphatic rings. The zero-order chi connectivity index (χ0) is 32.2. The molecule has 0 aliphatic carbocycles. The molecule has 0 radical (unpaired) electrons. The van der Waals surface area contributed by atoms with E-state index in [4.69, 9.17) is 30.5 Å². The van der Waals surface area contributed by atoms with E-state index < -0.39 is 12.0 Å². The Morgan fingerprint density at radius 3 is 2.53 bits per heavy atom. The molecule has 1 aromatic heterocycles. The van der Waals surface area contributed by atoms with Crippen molar-refractivity contribution in [2.75, 3.05) is 13.7 Å². The number of esters is 1. The molecule has 0 bridgehead atoms. The van der Waals surface area contributed by atoms with Gasteiger partial charge in [-0.15, -0.1) is 0 Å². The minimum atomic E-state index is -0.793. The minimum Gasteiger partial charge on any atom is -0.493 e. The van der Waals surface area contributed by atoms with E-state index in [1.54, 1.807) is 37.7 Å². The highest BCUT2D eigenvalue weighted by Crippen LogP contribution is 2.37. The molecule has 1 aliphatic heterocycles. The van der Waals surface area contributed by atoms with Crippen molar-refractivity contribution in [3.63, 3.8) is 0 Å². The van der Waals surface area contributed by atoms with Crippen LogP contribution in [0.25, 0.3) is 6.08 Å². The lowest BCUT2D eigenvalue weighted by atomic mass is 9.95. The Kier molecular flexibility index (Phi) is 10.2. The van der Waals surface area contributed by atoms with E-state index >= 15 is 0 Å². The van der Waals surface area contributed by atoms with Crippen LogP contribution in [0.4, 0.5) is 0 Å². The van der Waals surface area contributed by atoms with Gasteiger partial charge in [0.1, 0.15) is 18.4 Å². The molecule has 3 aromatic carbocycles. The van der Waals surface area contributed by atoms with Gasteiger partial charge in [0.2, 0.25) is 0 Å². The van der Waals surface area contributed by atoms with Crippen LogP contribution in [0.3, 0.4) is 0 Å². The highest BCUT2D eigenvalue weighted by molar-refractivity contribution is 9.10. The van der Waals surface area contributed by atoms with Crippen molar-refractivity contribution in [2.24, 2.45) is 4.99 Å². The van der Waals surface area contributed by atoms with Crippen LogP contribution in [0, 0.1) is 0 Å². The maximum Gasteiger partial charge on any atom is 0.338 e. The first-order valence-corrected chi connectivity index (χ1v) is 16.3. The maximum atomic E-state index is 14.2. The average molecular weight is 712 g/mol. The molecule has 234 valence electrons. The van der Waals surface area contributed by atoms with Gasteiger partial charge in [0, 0.05) is 15.1 Å². The Bertz CT molecular complexity index is 1950. The normalized spacial score (nSPS) is 14.7. The van der Waals surface area contributed by atoms with E-state index in [1.165, 1.54) is 11.3 Å². The number of benzene rings is 3. The number of nitrogens with zero attached hydrogens (tertiary/aromatic N) is 2. The Morgan fingerprint density at radius 2 is 1.84 bits per heavy atom. The van der Waals surface area contributed by atoms with Gasteiger partial charge in [-0.2, -0.15) is 0 Å². The van der Waals surface area contributed by atoms with Crippen LogP contribution in [0.15, 0.2) is 86.2 Å². The van der Waals surface area contributed by atoms with E-state index in [1.807, 2.05) is 68.4 Å². The van der Waals surface area contributed by atoms with E-state index in [9.17, 15) is 9.59 Å². The fourth-order valence-electron chi connectivity index (χ4n) is 4.97.